The molecule has 1 aromatic heterocycles. The minimum atomic E-state index is -0.505. The van der Waals surface area contributed by atoms with E-state index in [1.807, 2.05) is 38.1 Å². The number of anilines is 1. The fourth-order valence-electron chi connectivity index (χ4n) is 6.08. The Labute approximate surface area is 244 Å². The molecular formula is C31H35FN6O4. The van der Waals surface area contributed by atoms with Crippen LogP contribution in [0.15, 0.2) is 72.0 Å². The SMILES string of the molecule is CCOC1=CC(CN2CCC3(CC2)CN(c2ccc(-c4nn[nH]n4)cc2)C(=O)O3)=CC(OCC)C1c1ccc(F)cc1. The third-order valence-electron chi connectivity index (χ3n) is 8.17. The largest absolute Gasteiger partial charge is 0.497 e. The Morgan fingerprint density at radius 2 is 1.83 bits per heavy atom. The summed E-state index contributed by atoms with van der Waals surface area (Å²) >= 11 is 0. The van der Waals surface area contributed by atoms with E-state index in [2.05, 4.69) is 37.7 Å². The van der Waals surface area contributed by atoms with Gasteiger partial charge in [-0.2, -0.15) is 5.21 Å². The van der Waals surface area contributed by atoms with Crippen LogP contribution in [0.5, 0.6) is 0 Å². The number of halogens is 1. The fraction of sp³-hybridized carbons (Fsp3) is 0.419. The molecule has 2 aliphatic heterocycles. The van der Waals surface area contributed by atoms with Crippen LogP contribution in [0.3, 0.4) is 0 Å². The van der Waals surface area contributed by atoms with Gasteiger partial charge in [0.1, 0.15) is 17.2 Å². The van der Waals surface area contributed by atoms with Gasteiger partial charge in [-0.05, 0) is 72.7 Å². The van der Waals surface area contributed by atoms with Crippen LogP contribution >= 0.6 is 0 Å². The number of hydrogen-bond acceptors (Lipinski definition) is 8. The van der Waals surface area contributed by atoms with E-state index < -0.39 is 5.60 Å². The van der Waals surface area contributed by atoms with Crippen molar-refractivity contribution in [1.29, 1.82) is 0 Å². The average molecular weight is 575 g/mol. The molecule has 3 heterocycles. The lowest BCUT2D eigenvalue weighted by molar-refractivity contribution is 0.00282. The van der Waals surface area contributed by atoms with Crippen LogP contribution in [-0.4, -0.2) is 82.7 Å². The predicted molar refractivity (Wildman–Crippen MR) is 154 cm³/mol. The number of piperidine rings is 1. The summed E-state index contributed by atoms with van der Waals surface area (Å²) in [6.07, 6.45) is 5.24. The minimum absolute atomic E-state index is 0.135. The van der Waals surface area contributed by atoms with E-state index in [1.54, 1.807) is 17.0 Å². The monoisotopic (exact) mass is 574 g/mol. The van der Waals surface area contributed by atoms with Crippen molar-refractivity contribution in [1.82, 2.24) is 25.5 Å². The zero-order chi connectivity index (χ0) is 29.1. The van der Waals surface area contributed by atoms with E-state index in [0.717, 1.165) is 60.6 Å². The number of ether oxygens (including phenoxy) is 3. The topological polar surface area (TPSA) is 106 Å². The van der Waals surface area contributed by atoms with Gasteiger partial charge in [-0.1, -0.05) is 18.2 Å². The maximum atomic E-state index is 13.6. The highest BCUT2D eigenvalue weighted by Crippen LogP contribution is 2.39. The molecule has 0 saturated carbocycles. The summed E-state index contributed by atoms with van der Waals surface area (Å²) in [5, 5.41) is 14.1. The predicted octanol–water partition coefficient (Wildman–Crippen LogP) is 4.85. The number of hydrogen-bond donors (Lipinski definition) is 1. The summed E-state index contributed by atoms with van der Waals surface area (Å²) in [7, 11) is 0. The van der Waals surface area contributed by atoms with E-state index in [0.29, 0.717) is 25.6 Å². The van der Waals surface area contributed by atoms with E-state index in [-0.39, 0.29) is 23.9 Å². The zero-order valence-corrected chi connectivity index (χ0v) is 23.8. The van der Waals surface area contributed by atoms with Crippen LogP contribution in [0.4, 0.5) is 14.9 Å². The quantitative estimate of drug-likeness (QED) is 0.387. The number of likely N-dealkylation sites (tertiary alicyclic amines) is 1. The van der Waals surface area contributed by atoms with Crippen molar-refractivity contribution >= 4 is 11.8 Å². The molecule has 1 N–H and O–H groups in total. The number of H-pyrrole nitrogens is 1. The van der Waals surface area contributed by atoms with Crippen LogP contribution in [0.2, 0.25) is 0 Å². The number of benzene rings is 2. The molecular weight excluding hydrogens is 539 g/mol. The van der Waals surface area contributed by atoms with Crippen molar-refractivity contribution in [3.05, 3.63) is 83.4 Å². The summed E-state index contributed by atoms with van der Waals surface area (Å²) in [6, 6.07) is 14.1. The van der Waals surface area contributed by atoms with E-state index in [4.69, 9.17) is 14.2 Å². The molecule has 1 spiro atoms. The third kappa shape index (κ3) is 5.79. The fourth-order valence-corrected chi connectivity index (χ4v) is 6.08. The minimum Gasteiger partial charge on any atom is -0.497 e. The molecule has 2 unspecified atom stereocenters. The number of carbonyl (C=O) groups is 1. The second kappa shape index (κ2) is 12.0. The maximum Gasteiger partial charge on any atom is 0.415 e. The molecule has 0 bridgehead atoms. The van der Waals surface area contributed by atoms with E-state index in [1.165, 1.54) is 12.1 Å². The maximum absolute atomic E-state index is 13.6. The summed E-state index contributed by atoms with van der Waals surface area (Å²) in [5.74, 6) is 0.936. The molecule has 11 heteroatoms. The molecule has 3 aliphatic rings. The van der Waals surface area contributed by atoms with Crippen molar-refractivity contribution in [3.8, 4) is 11.4 Å². The molecule has 6 rings (SSSR count). The summed E-state index contributed by atoms with van der Waals surface area (Å²) in [5.41, 5.74) is 3.18. The van der Waals surface area contributed by atoms with Crippen molar-refractivity contribution in [2.45, 2.75) is 44.3 Å². The Hall–Kier alpha value is -4.09. The number of carbonyl (C=O) groups excluding carboxylic acids is 1. The molecule has 10 nitrogen and oxygen atoms in total. The van der Waals surface area contributed by atoms with Gasteiger partial charge in [0.2, 0.25) is 5.82 Å². The number of amides is 1. The van der Waals surface area contributed by atoms with E-state index in [9.17, 15) is 9.18 Å². The first kappa shape index (κ1) is 28.0. The Morgan fingerprint density at radius 1 is 1.07 bits per heavy atom. The molecule has 0 radical (unpaired) electrons. The first-order valence-electron chi connectivity index (χ1n) is 14.5. The number of aromatic nitrogens is 4. The molecule has 2 fully saturated rings. The Morgan fingerprint density at radius 3 is 2.50 bits per heavy atom. The van der Waals surface area contributed by atoms with Gasteiger partial charge in [0.25, 0.3) is 0 Å². The molecule has 2 aromatic carbocycles. The van der Waals surface area contributed by atoms with Crippen LogP contribution < -0.4 is 4.90 Å². The first-order chi connectivity index (χ1) is 20.5. The Kier molecular flexibility index (Phi) is 8.03. The summed E-state index contributed by atoms with van der Waals surface area (Å²) in [4.78, 5) is 17.0. The highest BCUT2D eigenvalue weighted by atomic mass is 19.1. The lowest BCUT2D eigenvalue weighted by Gasteiger charge is -2.38. The number of nitrogens with one attached hydrogen (secondary N) is 1. The van der Waals surface area contributed by atoms with Gasteiger partial charge >= 0.3 is 6.09 Å². The molecule has 3 aromatic rings. The second-order valence-electron chi connectivity index (χ2n) is 10.9. The molecule has 2 saturated heterocycles. The standard InChI is InChI=1S/C31H35FN6O4/c1-3-40-26-17-21(18-27(41-4-2)28(26)22-5-9-24(32)10-6-22)19-37-15-13-31(14-16-37)20-38(30(39)42-31)25-11-7-23(8-12-25)29-33-35-36-34-29/h5-12,17-18,26,28H,3-4,13-16,19-20H2,1-2H3,(H,33,34,35,36). The normalized spacial score (nSPS) is 22.2. The molecule has 42 heavy (non-hydrogen) atoms. The van der Waals surface area contributed by atoms with Crippen LogP contribution in [-0.2, 0) is 14.2 Å². The van der Waals surface area contributed by atoms with Crippen LogP contribution in [0.1, 0.15) is 38.2 Å². The first-order valence-corrected chi connectivity index (χ1v) is 14.5. The molecule has 2 atom stereocenters. The van der Waals surface area contributed by atoms with Crippen LogP contribution in [0.25, 0.3) is 11.4 Å². The zero-order valence-electron chi connectivity index (χ0n) is 23.8. The molecule has 1 aliphatic carbocycles. The Bertz CT molecular complexity index is 1430. The van der Waals surface area contributed by atoms with Gasteiger partial charge in [0.05, 0.1) is 25.2 Å². The van der Waals surface area contributed by atoms with Gasteiger partial charge in [0, 0.05) is 50.3 Å². The molecule has 220 valence electrons. The van der Waals surface area contributed by atoms with Gasteiger partial charge < -0.3 is 14.2 Å². The second-order valence-corrected chi connectivity index (χ2v) is 10.9. The number of aromatic amines is 1. The van der Waals surface area contributed by atoms with Crippen molar-refractivity contribution in [3.63, 3.8) is 0 Å². The van der Waals surface area contributed by atoms with Crippen molar-refractivity contribution in [2.75, 3.05) is 44.3 Å². The summed E-state index contributed by atoms with van der Waals surface area (Å²) < 4.78 is 31.9. The van der Waals surface area contributed by atoms with Crippen LogP contribution in [0, 0.1) is 5.82 Å². The smallest absolute Gasteiger partial charge is 0.415 e. The number of rotatable bonds is 9. The van der Waals surface area contributed by atoms with Gasteiger partial charge in [-0.3, -0.25) is 9.80 Å². The highest BCUT2D eigenvalue weighted by molar-refractivity contribution is 5.90. The highest BCUT2D eigenvalue weighted by Gasteiger charge is 2.47. The Balaban J connectivity index is 1.11. The van der Waals surface area contributed by atoms with Gasteiger partial charge in [-0.15, -0.1) is 10.2 Å². The van der Waals surface area contributed by atoms with Crippen molar-refractivity contribution < 1.29 is 23.4 Å². The third-order valence-corrected chi connectivity index (χ3v) is 8.17. The lowest BCUT2D eigenvalue weighted by atomic mass is 9.85. The lowest BCUT2D eigenvalue weighted by Crippen LogP contribution is -2.47. The summed E-state index contributed by atoms with van der Waals surface area (Å²) in [6.45, 7) is 7.89. The van der Waals surface area contributed by atoms with Crippen molar-refractivity contribution in [2.24, 2.45) is 0 Å². The number of nitrogens with zero attached hydrogens (tertiary/aromatic N) is 5. The van der Waals surface area contributed by atoms with E-state index >= 15 is 0 Å². The van der Waals surface area contributed by atoms with Gasteiger partial charge in [0.15, 0.2) is 0 Å². The molecule has 1 amide bonds. The van der Waals surface area contributed by atoms with Gasteiger partial charge in [-0.25, -0.2) is 9.18 Å². The average Bonchev–Trinajstić information content (AvgIpc) is 3.64. The number of tetrazole rings is 1.